The van der Waals surface area contributed by atoms with Gasteiger partial charge in [0.05, 0.1) is 11.3 Å². The van der Waals surface area contributed by atoms with Crippen molar-refractivity contribution in [3.63, 3.8) is 0 Å². The van der Waals surface area contributed by atoms with Gasteiger partial charge < -0.3 is 4.90 Å². The molecule has 0 saturated heterocycles. The van der Waals surface area contributed by atoms with Gasteiger partial charge in [-0.05, 0) is 36.8 Å². The summed E-state index contributed by atoms with van der Waals surface area (Å²) in [6.07, 6.45) is 1.41. The number of anilines is 1. The minimum Gasteiger partial charge on any atom is -0.312 e. The molecule has 0 aliphatic heterocycles. The second-order valence-corrected chi connectivity index (χ2v) is 7.08. The Labute approximate surface area is 131 Å². The van der Waals surface area contributed by atoms with Gasteiger partial charge in [0.25, 0.3) is 0 Å². The van der Waals surface area contributed by atoms with Crippen LogP contribution in [0.25, 0.3) is 0 Å². The molecule has 0 spiro atoms. The van der Waals surface area contributed by atoms with Crippen molar-refractivity contribution in [3.8, 4) is 0 Å². The SMILES string of the molecule is CCN(C(=O)Cc1ccc(S(C)(=O)=O)cc1)c1ccccc1. The monoisotopic (exact) mass is 317 g/mol. The number of sulfone groups is 1. The zero-order valence-corrected chi connectivity index (χ0v) is 13.5. The molecule has 0 aromatic heterocycles. The Bertz CT molecular complexity index is 737. The highest BCUT2D eigenvalue weighted by atomic mass is 32.2. The molecule has 2 aromatic carbocycles. The van der Waals surface area contributed by atoms with E-state index in [0.717, 1.165) is 11.3 Å². The van der Waals surface area contributed by atoms with Crippen molar-refractivity contribution in [3.05, 3.63) is 60.2 Å². The molecule has 0 N–H and O–H groups in total. The molecule has 0 fully saturated rings. The van der Waals surface area contributed by atoms with Gasteiger partial charge in [0.2, 0.25) is 5.91 Å². The Hall–Kier alpha value is -2.14. The number of carbonyl (C=O) groups excluding carboxylic acids is 1. The summed E-state index contributed by atoms with van der Waals surface area (Å²) in [5.74, 6) is -0.0131. The topological polar surface area (TPSA) is 54.5 Å². The van der Waals surface area contributed by atoms with Crippen LogP contribution in [-0.4, -0.2) is 27.1 Å². The summed E-state index contributed by atoms with van der Waals surface area (Å²) in [7, 11) is -3.21. The lowest BCUT2D eigenvalue weighted by Gasteiger charge is -2.21. The molecular weight excluding hydrogens is 298 g/mol. The zero-order valence-electron chi connectivity index (χ0n) is 12.7. The van der Waals surface area contributed by atoms with Crippen molar-refractivity contribution in [2.45, 2.75) is 18.2 Å². The molecule has 0 aliphatic rings. The summed E-state index contributed by atoms with van der Waals surface area (Å²) < 4.78 is 22.9. The van der Waals surface area contributed by atoms with E-state index in [9.17, 15) is 13.2 Å². The fraction of sp³-hybridized carbons (Fsp3) is 0.235. The van der Waals surface area contributed by atoms with Crippen molar-refractivity contribution in [2.75, 3.05) is 17.7 Å². The molecule has 1 amide bonds. The van der Waals surface area contributed by atoms with Crippen LogP contribution in [0.3, 0.4) is 0 Å². The van der Waals surface area contributed by atoms with Gasteiger partial charge in [-0.25, -0.2) is 8.42 Å². The van der Waals surface area contributed by atoms with Crippen LogP contribution in [0.5, 0.6) is 0 Å². The zero-order chi connectivity index (χ0) is 16.2. The third kappa shape index (κ3) is 3.95. The van der Waals surface area contributed by atoms with Gasteiger partial charge in [-0.15, -0.1) is 0 Å². The Morgan fingerprint density at radius 3 is 2.09 bits per heavy atom. The number of rotatable bonds is 5. The average molecular weight is 317 g/mol. The van der Waals surface area contributed by atoms with E-state index in [1.54, 1.807) is 17.0 Å². The van der Waals surface area contributed by atoms with E-state index in [0.29, 0.717) is 6.54 Å². The van der Waals surface area contributed by atoms with E-state index in [1.807, 2.05) is 37.3 Å². The standard InChI is InChI=1S/C17H19NO3S/c1-3-18(15-7-5-4-6-8-15)17(19)13-14-9-11-16(12-10-14)22(2,20)21/h4-12H,3,13H2,1-2H3. The van der Waals surface area contributed by atoms with Crippen LogP contribution in [0.1, 0.15) is 12.5 Å². The number of benzene rings is 2. The van der Waals surface area contributed by atoms with E-state index in [1.165, 1.54) is 18.4 Å². The minimum atomic E-state index is -3.21. The Balaban J connectivity index is 2.14. The summed E-state index contributed by atoms with van der Waals surface area (Å²) in [5, 5.41) is 0. The first kappa shape index (κ1) is 16.2. The van der Waals surface area contributed by atoms with Gasteiger partial charge in [0, 0.05) is 18.5 Å². The van der Waals surface area contributed by atoms with Crippen molar-refractivity contribution in [1.29, 1.82) is 0 Å². The predicted octanol–water partition coefficient (Wildman–Crippen LogP) is 2.69. The molecule has 0 heterocycles. The number of para-hydroxylation sites is 1. The molecular formula is C17H19NO3S. The van der Waals surface area contributed by atoms with Gasteiger partial charge in [-0.1, -0.05) is 30.3 Å². The highest BCUT2D eigenvalue weighted by Gasteiger charge is 2.14. The molecule has 22 heavy (non-hydrogen) atoms. The van der Waals surface area contributed by atoms with Crippen LogP contribution < -0.4 is 4.90 Å². The predicted molar refractivity (Wildman–Crippen MR) is 87.7 cm³/mol. The lowest BCUT2D eigenvalue weighted by Crippen LogP contribution is -2.31. The Kier molecular flexibility index (Phi) is 4.98. The summed E-state index contributed by atoms with van der Waals surface area (Å²) >= 11 is 0. The number of likely N-dealkylation sites (N-methyl/N-ethyl adjacent to an activating group) is 1. The van der Waals surface area contributed by atoms with Gasteiger partial charge in [-0.3, -0.25) is 4.79 Å². The molecule has 0 radical (unpaired) electrons. The summed E-state index contributed by atoms with van der Waals surface area (Å²) in [5.41, 5.74) is 1.66. The lowest BCUT2D eigenvalue weighted by molar-refractivity contribution is -0.117. The lowest BCUT2D eigenvalue weighted by atomic mass is 10.1. The quantitative estimate of drug-likeness (QED) is 0.852. The van der Waals surface area contributed by atoms with Gasteiger partial charge >= 0.3 is 0 Å². The molecule has 0 bridgehead atoms. The van der Waals surface area contributed by atoms with E-state index in [4.69, 9.17) is 0 Å². The fourth-order valence-corrected chi connectivity index (χ4v) is 2.87. The molecule has 0 saturated carbocycles. The number of nitrogens with zero attached hydrogens (tertiary/aromatic N) is 1. The molecule has 4 nitrogen and oxygen atoms in total. The van der Waals surface area contributed by atoms with Crippen LogP contribution in [-0.2, 0) is 21.1 Å². The van der Waals surface area contributed by atoms with Crippen LogP contribution >= 0.6 is 0 Å². The van der Waals surface area contributed by atoms with Crippen LogP contribution in [0.15, 0.2) is 59.5 Å². The summed E-state index contributed by atoms with van der Waals surface area (Å²) in [4.78, 5) is 14.4. The molecule has 0 atom stereocenters. The molecule has 2 rings (SSSR count). The fourth-order valence-electron chi connectivity index (χ4n) is 2.24. The summed E-state index contributed by atoms with van der Waals surface area (Å²) in [6.45, 7) is 2.52. The first-order chi connectivity index (χ1) is 10.4. The normalized spacial score (nSPS) is 11.2. The largest absolute Gasteiger partial charge is 0.312 e. The van der Waals surface area contributed by atoms with E-state index < -0.39 is 9.84 Å². The van der Waals surface area contributed by atoms with E-state index in [-0.39, 0.29) is 17.2 Å². The van der Waals surface area contributed by atoms with Gasteiger partial charge in [0.1, 0.15) is 0 Å². The van der Waals surface area contributed by atoms with Crippen molar-refractivity contribution < 1.29 is 13.2 Å². The number of hydrogen-bond donors (Lipinski definition) is 0. The maximum absolute atomic E-state index is 12.4. The van der Waals surface area contributed by atoms with E-state index >= 15 is 0 Å². The second-order valence-electron chi connectivity index (χ2n) is 5.07. The average Bonchev–Trinajstić information content (AvgIpc) is 2.48. The Morgan fingerprint density at radius 2 is 1.59 bits per heavy atom. The number of carbonyl (C=O) groups is 1. The van der Waals surface area contributed by atoms with Crippen LogP contribution in [0.2, 0.25) is 0 Å². The highest BCUT2D eigenvalue weighted by Crippen LogP contribution is 2.16. The Morgan fingerprint density at radius 1 is 1.00 bits per heavy atom. The second kappa shape index (κ2) is 6.75. The molecule has 0 unspecified atom stereocenters. The van der Waals surface area contributed by atoms with Crippen molar-refractivity contribution in [2.24, 2.45) is 0 Å². The third-order valence-corrected chi connectivity index (χ3v) is 4.52. The van der Waals surface area contributed by atoms with Gasteiger partial charge in [0.15, 0.2) is 9.84 Å². The number of amides is 1. The molecule has 2 aromatic rings. The summed E-state index contributed by atoms with van der Waals surface area (Å²) in [6, 6.07) is 15.9. The molecule has 0 aliphatic carbocycles. The highest BCUT2D eigenvalue weighted by molar-refractivity contribution is 7.90. The van der Waals surface area contributed by atoms with Crippen molar-refractivity contribution in [1.82, 2.24) is 0 Å². The van der Waals surface area contributed by atoms with Gasteiger partial charge in [-0.2, -0.15) is 0 Å². The van der Waals surface area contributed by atoms with Crippen LogP contribution in [0.4, 0.5) is 5.69 Å². The van der Waals surface area contributed by atoms with Crippen LogP contribution in [0, 0.1) is 0 Å². The first-order valence-electron chi connectivity index (χ1n) is 7.06. The maximum Gasteiger partial charge on any atom is 0.231 e. The van der Waals surface area contributed by atoms with Crippen molar-refractivity contribution >= 4 is 21.4 Å². The smallest absolute Gasteiger partial charge is 0.231 e. The maximum atomic E-state index is 12.4. The third-order valence-electron chi connectivity index (χ3n) is 3.39. The number of hydrogen-bond acceptors (Lipinski definition) is 3. The molecule has 116 valence electrons. The van der Waals surface area contributed by atoms with E-state index in [2.05, 4.69) is 0 Å². The first-order valence-corrected chi connectivity index (χ1v) is 8.95. The minimum absolute atomic E-state index is 0.0131. The molecule has 5 heteroatoms.